The third-order valence-corrected chi connectivity index (χ3v) is 16.7. The number of rotatable bonds is 6. The van der Waals surface area contributed by atoms with Crippen molar-refractivity contribution in [2.45, 2.75) is 83.1 Å². The first-order chi connectivity index (χ1) is 25.2. The molecule has 0 aromatic heterocycles. The molecule has 6 aromatic carbocycles. The Morgan fingerprint density at radius 1 is 0.377 bits per heavy atom. The Morgan fingerprint density at radius 3 is 0.774 bits per heavy atom. The van der Waals surface area contributed by atoms with Crippen LogP contribution in [0.15, 0.2) is 84.9 Å². The van der Waals surface area contributed by atoms with Gasteiger partial charge >= 0.3 is 0 Å². The smallest absolute Gasteiger partial charge is 0.172 e. The molecule has 1 aliphatic rings. The van der Waals surface area contributed by atoms with E-state index in [1.54, 1.807) is 0 Å². The summed E-state index contributed by atoms with van der Waals surface area (Å²) >= 11 is 7.94. The maximum Gasteiger partial charge on any atom is 0.270 e. The number of halogens is 1. The van der Waals surface area contributed by atoms with E-state index in [4.69, 9.17) is 11.2 Å². The van der Waals surface area contributed by atoms with Gasteiger partial charge in [-0.15, -0.1) is 0 Å². The number of benzene rings is 6. The van der Waals surface area contributed by atoms with E-state index in [0.29, 0.717) is 0 Å². The molecule has 270 valence electrons. The van der Waals surface area contributed by atoms with Crippen LogP contribution < -0.4 is 8.88 Å². The minimum Gasteiger partial charge on any atom is -0.172 e. The zero-order chi connectivity index (χ0) is 38.0. The third-order valence-electron chi connectivity index (χ3n) is 10.9. The van der Waals surface area contributed by atoms with Gasteiger partial charge in [-0.3, -0.25) is 0 Å². The van der Waals surface area contributed by atoms with E-state index in [-0.39, 0.29) is 8.88 Å². The Labute approximate surface area is 325 Å². The molecule has 53 heavy (non-hydrogen) atoms. The molecule has 5 heteroatoms. The van der Waals surface area contributed by atoms with Gasteiger partial charge in [0.15, 0.2) is 8.88 Å². The zero-order valence-corrected chi connectivity index (χ0v) is 36.2. The van der Waals surface area contributed by atoms with Gasteiger partial charge in [-0.05, 0) is 161 Å². The van der Waals surface area contributed by atoms with Crippen molar-refractivity contribution < 1.29 is 0 Å². The van der Waals surface area contributed by atoms with Crippen molar-refractivity contribution in [2.75, 3.05) is 8.88 Å². The molecule has 2 nitrogen and oxygen atoms in total. The second-order valence-electron chi connectivity index (χ2n) is 15.5. The molecule has 0 N–H and O–H groups in total. The highest BCUT2D eigenvalue weighted by molar-refractivity contribution is 8.03. The predicted octanol–water partition coefficient (Wildman–Crippen LogP) is 15.1. The van der Waals surface area contributed by atoms with Crippen LogP contribution in [0.1, 0.15) is 66.8 Å². The van der Waals surface area contributed by atoms with Gasteiger partial charge in [0.05, 0.1) is 11.4 Å². The van der Waals surface area contributed by atoms with Crippen molar-refractivity contribution in [1.82, 2.24) is 0 Å². The van der Waals surface area contributed by atoms with Crippen LogP contribution in [0.3, 0.4) is 0 Å². The van der Waals surface area contributed by atoms with E-state index in [0.717, 1.165) is 0 Å². The molecule has 0 unspecified atom stereocenters. The predicted molar refractivity (Wildman–Crippen MR) is 239 cm³/mol. The molecule has 0 radical (unpaired) electrons. The number of aryl methyl sites for hydroxylation is 12. The lowest BCUT2D eigenvalue weighted by Crippen LogP contribution is -2.30. The van der Waals surface area contributed by atoms with Crippen LogP contribution >= 0.6 is 27.7 Å². The molecule has 0 spiro atoms. The van der Waals surface area contributed by atoms with Crippen molar-refractivity contribution in [1.29, 1.82) is 0 Å². The van der Waals surface area contributed by atoms with Gasteiger partial charge in [0, 0.05) is 22.3 Å². The lowest BCUT2D eigenvalue weighted by atomic mass is 9.87. The average molecular weight is 754 g/mol. The number of hydrogen-bond donors (Lipinski definition) is 0. The van der Waals surface area contributed by atoms with Gasteiger partial charge < -0.3 is 0 Å². The Balaban J connectivity index is 1.47. The molecule has 0 saturated carbocycles. The normalized spacial score (nSPS) is 14.6. The highest BCUT2D eigenvalue weighted by atomic mass is 35.7. The van der Waals surface area contributed by atoms with Gasteiger partial charge in [0.1, 0.15) is 0 Å². The summed E-state index contributed by atoms with van der Waals surface area (Å²) in [5.41, 5.74) is 28.4. The molecule has 0 amide bonds. The number of anilines is 2. The molecule has 1 fully saturated rings. The standard InChI is InChI=1S/C48H51ClN2P2/c1-27-19-31(5)43(32(6)20-27)39-15-13-16-40(44-33(7)21-28(2)22-34(44)8)47(39)50-52-51(53(50)49)48-41(45-35(9)23-29(3)24-36(45)10)17-14-18-42(48)46-37(11)25-30(4)26-38(46)12/h13-26,52H,1-12H3/p+1. The van der Waals surface area contributed by atoms with Gasteiger partial charge in [-0.2, -0.15) is 8.88 Å². The summed E-state index contributed by atoms with van der Waals surface area (Å²) in [5.74, 6) is 0. The first kappa shape index (κ1) is 37.4. The number of hydrogen-bond acceptors (Lipinski definition) is 2. The Morgan fingerprint density at radius 2 is 0.585 bits per heavy atom. The zero-order valence-electron chi connectivity index (χ0n) is 33.4. The largest absolute Gasteiger partial charge is 0.270 e. The van der Waals surface area contributed by atoms with Gasteiger partial charge in [-0.25, -0.2) is 0 Å². The molecule has 1 aliphatic heterocycles. The monoisotopic (exact) mass is 753 g/mol. The van der Waals surface area contributed by atoms with Gasteiger partial charge in [-0.1, -0.05) is 107 Å². The Kier molecular flexibility index (Phi) is 10.1. The molecule has 0 atom stereocenters. The van der Waals surface area contributed by atoms with E-state index in [1.165, 1.54) is 123 Å². The summed E-state index contributed by atoms with van der Waals surface area (Å²) < 4.78 is 5.15. The fourth-order valence-corrected chi connectivity index (χ4v) is 13.7. The maximum absolute atomic E-state index is 7.94. The Hall–Kier alpha value is -3.93. The fourth-order valence-electron chi connectivity index (χ4n) is 9.33. The highest BCUT2D eigenvalue weighted by Crippen LogP contribution is 2.76. The molecule has 7 rings (SSSR count). The minimum absolute atomic E-state index is 0.375. The van der Waals surface area contributed by atoms with Crippen molar-refractivity contribution in [3.8, 4) is 44.5 Å². The van der Waals surface area contributed by atoms with Crippen LogP contribution in [0.4, 0.5) is 11.4 Å². The number of nitrogens with zero attached hydrogens (tertiary/aromatic N) is 2. The first-order valence-electron chi connectivity index (χ1n) is 18.6. The molecule has 6 aromatic rings. The topological polar surface area (TPSA) is 6.48 Å². The second-order valence-corrected chi connectivity index (χ2v) is 19.9. The minimum atomic E-state index is -1.25. The van der Waals surface area contributed by atoms with Crippen LogP contribution in [-0.4, -0.2) is 0 Å². The third kappa shape index (κ3) is 6.63. The summed E-state index contributed by atoms with van der Waals surface area (Å²) in [6.45, 7) is 26.8. The van der Waals surface area contributed by atoms with E-state index in [1.807, 2.05) is 0 Å². The lowest BCUT2D eigenvalue weighted by molar-refractivity contribution is 1.30. The van der Waals surface area contributed by atoms with Gasteiger partial charge in [0.2, 0.25) is 0 Å². The highest BCUT2D eigenvalue weighted by Gasteiger charge is 2.49. The van der Waals surface area contributed by atoms with E-state index < -0.39 is 7.58 Å². The van der Waals surface area contributed by atoms with E-state index in [9.17, 15) is 0 Å². The quantitative estimate of drug-likeness (QED) is 0.156. The molecular weight excluding hydrogens is 702 g/mol. The van der Waals surface area contributed by atoms with Crippen LogP contribution in [0.5, 0.6) is 0 Å². The van der Waals surface area contributed by atoms with E-state index in [2.05, 4.69) is 177 Å². The molecular formula is C48H52ClN2P2+. The average Bonchev–Trinajstić information content (AvgIpc) is 3.04. The molecule has 0 bridgehead atoms. The van der Waals surface area contributed by atoms with Crippen molar-refractivity contribution in [3.63, 3.8) is 0 Å². The lowest BCUT2D eigenvalue weighted by Gasteiger charge is -2.43. The second kappa shape index (κ2) is 14.4. The summed E-state index contributed by atoms with van der Waals surface area (Å²) in [5, 5.41) is 0. The van der Waals surface area contributed by atoms with Crippen LogP contribution in [0, 0.1) is 83.1 Å². The molecule has 1 heterocycles. The van der Waals surface area contributed by atoms with Gasteiger partial charge in [0.25, 0.3) is 7.58 Å². The molecule has 0 aliphatic carbocycles. The summed E-state index contributed by atoms with van der Waals surface area (Å²) in [6, 6.07) is 32.3. The molecule has 1 saturated heterocycles. The number of para-hydroxylation sites is 2. The van der Waals surface area contributed by atoms with Crippen LogP contribution in [0.25, 0.3) is 44.5 Å². The van der Waals surface area contributed by atoms with Crippen molar-refractivity contribution in [3.05, 3.63) is 152 Å². The maximum atomic E-state index is 7.94. The first-order valence-corrected chi connectivity index (χ1v) is 21.8. The summed E-state index contributed by atoms with van der Waals surface area (Å²) in [7, 11) is -1.62. The summed E-state index contributed by atoms with van der Waals surface area (Å²) in [6.07, 6.45) is 0. The van der Waals surface area contributed by atoms with Crippen LogP contribution in [0.2, 0.25) is 0 Å². The fraction of sp³-hybridized carbons (Fsp3) is 0.250. The summed E-state index contributed by atoms with van der Waals surface area (Å²) in [4.78, 5) is 0. The van der Waals surface area contributed by atoms with Crippen molar-refractivity contribution >= 4 is 39.1 Å². The Bertz CT molecular complexity index is 2030. The van der Waals surface area contributed by atoms with E-state index >= 15 is 0 Å². The van der Waals surface area contributed by atoms with Crippen LogP contribution in [-0.2, 0) is 0 Å². The SMILES string of the molecule is Cc1cc(C)c(-c2cccc(-c3c(C)cc(C)cc3C)c2N2[PH2+]N(c3c(-c4c(C)cc(C)cc4C)cccc3-c3c(C)cc(C)cc3C)P2Cl)c(C)c1. The van der Waals surface area contributed by atoms with Crippen molar-refractivity contribution in [2.24, 2.45) is 0 Å².